The Kier molecular flexibility index (Phi) is 3.97. The molecule has 1 atom stereocenters. The molecule has 1 aromatic rings. The van der Waals surface area contributed by atoms with Gasteiger partial charge in [-0.3, -0.25) is 9.59 Å². The van der Waals surface area contributed by atoms with Gasteiger partial charge >= 0.3 is 11.9 Å². The van der Waals surface area contributed by atoms with Crippen molar-refractivity contribution in [2.24, 2.45) is 5.41 Å². The van der Waals surface area contributed by atoms with E-state index in [2.05, 4.69) is 11.3 Å². The van der Waals surface area contributed by atoms with Crippen LogP contribution in [-0.4, -0.2) is 36.0 Å². The molecule has 6 heteroatoms. The minimum Gasteiger partial charge on any atom is -0.465 e. The van der Waals surface area contributed by atoms with Crippen molar-refractivity contribution in [2.75, 3.05) is 13.7 Å². The zero-order chi connectivity index (χ0) is 15.6. The summed E-state index contributed by atoms with van der Waals surface area (Å²) in [5.41, 5.74) is -0.555. The van der Waals surface area contributed by atoms with E-state index in [1.165, 1.54) is 14.0 Å². The topological polar surface area (TPSA) is 74.6 Å². The van der Waals surface area contributed by atoms with Gasteiger partial charge in [0.2, 0.25) is 0 Å². The van der Waals surface area contributed by atoms with Crippen molar-refractivity contribution < 1.29 is 23.9 Å². The lowest BCUT2D eigenvalue weighted by Crippen LogP contribution is -2.37. The Bertz CT molecular complexity index is 615. The van der Waals surface area contributed by atoms with Crippen molar-refractivity contribution in [3.8, 4) is 0 Å². The lowest BCUT2D eigenvalue weighted by Gasteiger charge is -2.25. The highest BCUT2D eigenvalue weighted by atomic mass is 16.5. The van der Waals surface area contributed by atoms with E-state index in [-0.39, 0.29) is 25.4 Å². The van der Waals surface area contributed by atoms with Crippen LogP contribution in [0.25, 0.3) is 0 Å². The third-order valence-corrected chi connectivity index (χ3v) is 3.85. The Morgan fingerprint density at radius 3 is 2.76 bits per heavy atom. The van der Waals surface area contributed by atoms with Crippen LogP contribution in [0.3, 0.4) is 0 Å². The second-order valence-electron chi connectivity index (χ2n) is 4.96. The van der Waals surface area contributed by atoms with Gasteiger partial charge in [0.25, 0.3) is 0 Å². The summed E-state index contributed by atoms with van der Waals surface area (Å²) in [4.78, 5) is 35.6. The van der Waals surface area contributed by atoms with Crippen molar-refractivity contribution in [1.29, 1.82) is 0 Å². The molecule has 0 saturated carbocycles. The van der Waals surface area contributed by atoms with Crippen LogP contribution in [-0.2, 0) is 25.6 Å². The van der Waals surface area contributed by atoms with Crippen LogP contribution < -0.4 is 0 Å². The maximum Gasteiger partial charge on any atom is 0.354 e. The fraction of sp³-hybridized carbons (Fsp3) is 0.400. The zero-order valence-corrected chi connectivity index (χ0v) is 12.0. The molecule has 0 amide bonds. The Morgan fingerprint density at radius 2 is 2.24 bits per heavy atom. The molecule has 1 aliphatic rings. The van der Waals surface area contributed by atoms with Gasteiger partial charge < -0.3 is 14.0 Å². The SMILES string of the molecule is C=C(Cn1cccc1C(=O)OC)C1(C(C)=O)CCOC1=O. The lowest BCUT2D eigenvalue weighted by molar-refractivity contribution is -0.148. The first kappa shape index (κ1) is 15.0. The molecular weight excluding hydrogens is 274 g/mol. The summed E-state index contributed by atoms with van der Waals surface area (Å²) < 4.78 is 11.2. The Labute approximate surface area is 122 Å². The van der Waals surface area contributed by atoms with E-state index in [0.717, 1.165) is 0 Å². The van der Waals surface area contributed by atoms with E-state index >= 15 is 0 Å². The fourth-order valence-corrected chi connectivity index (χ4v) is 2.59. The van der Waals surface area contributed by atoms with Crippen LogP contribution >= 0.6 is 0 Å². The summed E-state index contributed by atoms with van der Waals surface area (Å²) >= 11 is 0. The fourth-order valence-electron chi connectivity index (χ4n) is 2.59. The van der Waals surface area contributed by atoms with Crippen LogP contribution in [0.15, 0.2) is 30.5 Å². The molecule has 6 nitrogen and oxygen atoms in total. The molecule has 0 aliphatic carbocycles. The molecule has 0 N–H and O–H groups in total. The van der Waals surface area contributed by atoms with Crippen molar-refractivity contribution in [3.05, 3.63) is 36.2 Å². The maximum absolute atomic E-state index is 12.0. The van der Waals surface area contributed by atoms with Gasteiger partial charge in [-0.2, -0.15) is 0 Å². The molecule has 1 fully saturated rings. The van der Waals surface area contributed by atoms with E-state index in [1.807, 2.05) is 0 Å². The molecule has 112 valence electrons. The third kappa shape index (κ3) is 2.37. The number of methoxy groups -OCH3 is 1. The number of ketones is 1. The number of hydrogen-bond acceptors (Lipinski definition) is 5. The Hall–Kier alpha value is -2.37. The largest absolute Gasteiger partial charge is 0.465 e. The molecule has 0 spiro atoms. The zero-order valence-electron chi connectivity index (χ0n) is 12.0. The van der Waals surface area contributed by atoms with E-state index in [1.54, 1.807) is 22.9 Å². The number of cyclic esters (lactones) is 1. The smallest absolute Gasteiger partial charge is 0.354 e. The van der Waals surface area contributed by atoms with E-state index in [0.29, 0.717) is 11.3 Å². The molecule has 0 bridgehead atoms. The van der Waals surface area contributed by atoms with Crippen LogP contribution in [0.4, 0.5) is 0 Å². The number of aromatic nitrogens is 1. The molecule has 2 rings (SSSR count). The van der Waals surface area contributed by atoms with Crippen LogP contribution in [0.2, 0.25) is 0 Å². The molecule has 1 saturated heterocycles. The highest BCUT2D eigenvalue weighted by molar-refractivity contribution is 6.06. The van der Waals surface area contributed by atoms with Crippen LogP contribution in [0, 0.1) is 5.41 Å². The summed E-state index contributed by atoms with van der Waals surface area (Å²) in [6.45, 7) is 5.62. The predicted molar refractivity (Wildman–Crippen MR) is 73.6 cm³/mol. The number of nitrogens with zero attached hydrogens (tertiary/aromatic N) is 1. The van der Waals surface area contributed by atoms with Gasteiger partial charge in [0.1, 0.15) is 5.69 Å². The maximum atomic E-state index is 12.0. The van der Waals surface area contributed by atoms with Gasteiger partial charge in [-0.1, -0.05) is 6.58 Å². The third-order valence-electron chi connectivity index (χ3n) is 3.85. The van der Waals surface area contributed by atoms with Gasteiger partial charge in [-0.15, -0.1) is 0 Å². The molecule has 1 aromatic heterocycles. The van der Waals surface area contributed by atoms with E-state index < -0.39 is 17.4 Å². The summed E-state index contributed by atoms with van der Waals surface area (Å²) in [5, 5.41) is 0. The Morgan fingerprint density at radius 1 is 1.52 bits per heavy atom. The van der Waals surface area contributed by atoms with Gasteiger partial charge in [-0.05, 0) is 24.6 Å². The second kappa shape index (κ2) is 5.55. The first-order chi connectivity index (χ1) is 9.93. The van der Waals surface area contributed by atoms with Crippen molar-refractivity contribution >= 4 is 17.7 Å². The van der Waals surface area contributed by atoms with Crippen molar-refractivity contribution in [3.63, 3.8) is 0 Å². The van der Waals surface area contributed by atoms with E-state index in [9.17, 15) is 14.4 Å². The molecule has 1 aliphatic heterocycles. The molecule has 0 radical (unpaired) electrons. The summed E-state index contributed by atoms with van der Waals surface area (Å²) in [5.74, 6) is -1.34. The standard InChI is InChI=1S/C15H17NO5/c1-10(15(11(2)17)6-8-21-14(15)19)9-16-7-4-5-12(16)13(18)20-3/h4-5,7H,1,6,8-9H2,2-3H3. The highest BCUT2D eigenvalue weighted by Crippen LogP contribution is 2.38. The minimum absolute atomic E-state index is 0.173. The first-order valence-electron chi connectivity index (χ1n) is 6.53. The van der Waals surface area contributed by atoms with Crippen LogP contribution in [0.5, 0.6) is 0 Å². The van der Waals surface area contributed by atoms with Gasteiger partial charge in [0.05, 0.1) is 13.7 Å². The second-order valence-corrected chi connectivity index (χ2v) is 4.96. The van der Waals surface area contributed by atoms with E-state index in [4.69, 9.17) is 4.74 Å². The molecule has 1 unspecified atom stereocenters. The number of ether oxygens (including phenoxy) is 2. The molecular formula is C15H17NO5. The highest BCUT2D eigenvalue weighted by Gasteiger charge is 2.51. The summed E-state index contributed by atoms with van der Waals surface area (Å²) in [6, 6.07) is 3.29. The lowest BCUT2D eigenvalue weighted by atomic mass is 9.76. The number of rotatable bonds is 5. The van der Waals surface area contributed by atoms with Gasteiger partial charge in [0, 0.05) is 19.2 Å². The number of carbonyl (C=O) groups excluding carboxylic acids is 3. The minimum atomic E-state index is -1.31. The molecule has 21 heavy (non-hydrogen) atoms. The predicted octanol–water partition coefficient (Wildman–Crippen LogP) is 1.35. The normalized spacial score (nSPS) is 21.0. The van der Waals surface area contributed by atoms with Crippen molar-refractivity contribution in [1.82, 2.24) is 4.57 Å². The molecule has 0 aromatic carbocycles. The first-order valence-corrected chi connectivity index (χ1v) is 6.53. The average Bonchev–Trinajstić information content (AvgIpc) is 3.04. The van der Waals surface area contributed by atoms with Crippen molar-refractivity contribution in [2.45, 2.75) is 19.9 Å². The quantitative estimate of drug-likeness (QED) is 0.465. The molecule has 2 heterocycles. The number of carbonyl (C=O) groups is 3. The number of esters is 2. The number of hydrogen-bond donors (Lipinski definition) is 0. The Balaban J connectivity index is 2.29. The van der Waals surface area contributed by atoms with Gasteiger partial charge in [-0.25, -0.2) is 4.79 Å². The van der Waals surface area contributed by atoms with Gasteiger partial charge in [0.15, 0.2) is 11.2 Å². The average molecular weight is 291 g/mol. The van der Waals surface area contributed by atoms with Crippen LogP contribution in [0.1, 0.15) is 23.8 Å². The monoisotopic (exact) mass is 291 g/mol. The summed E-state index contributed by atoms with van der Waals surface area (Å²) in [7, 11) is 1.29. The number of Topliss-reactive ketones (excluding diaryl/α,β-unsaturated/α-hetero) is 1. The summed E-state index contributed by atoms with van der Waals surface area (Å²) in [6.07, 6.45) is 1.96.